The highest BCUT2D eigenvalue weighted by Gasteiger charge is 2.45. The molecule has 1 aliphatic heterocycles. The summed E-state index contributed by atoms with van der Waals surface area (Å²) < 4.78 is 5.03. The molecular weight excluding hydrogens is 274 g/mol. The van der Waals surface area contributed by atoms with E-state index < -0.39 is 12.6 Å². The van der Waals surface area contributed by atoms with Crippen molar-refractivity contribution in [2.24, 2.45) is 11.8 Å². The average molecular weight is 289 g/mol. The van der Waals surface area contributed by atoms with Crippen molar-refractivity contribution in [2.45, 2.75) is 19.3 Å². The molecule has 0 aromatic heterocycles. The Balaban J connectivity index is 1.78. The van der Waals surface area contributed by atoms with Crippen LogP contribution in [0, 0.1) is 11.8 Å². The number of piperidine rings is 1. The lowest BCUT2D eigenvalue weighted by molar-refractivity contribution is -0.139. The standard InChI is InChI=1S/C15H15NO5/c17-13(18)8-21-12-5-3-11(4-6-12)16-14(19)9-1-2-10(7-9)15(16)20/h3-6,9-10H,1-2,7-8H2,(H,17,18). The molecule has 1 saturated carbocycles. The van der Waals surface area contributed by atoms with Crippen LogP contribution in [-0.4, -0.2) is 29.5 Å². The Hall–Kier alpha value is -2.37. The molecule has 1 aromatic carbocycles. The molecule has 6 nitrogen and oxygen atoms in total. The van der Waals surface area contributed by atoms with Gasteiger partial charge >= 0.3 is 5.97 Å². The number of nitrogens with zero attached hydrogens (tertiary/aromatic N) is 1. The zero-order valence-electron chi connectivity index (χ0n) is 11.3. The van der Waals surface area contributed by atoms with E-state index >= 15 is 0 Å². The molecule has 3 rings (SSSR count). The minimum atomic E-state index is -1.06. The zero-order valence-corrected chi connectivity index (χ0v) is 11.3. The number of ether oxygens (including phenoxy) is 1. The van der Waals surface area contributed by atoms with Crippen LogP contribution in [0.4, 0.5) is 5.69 Å². The minimum absolute atomic E-state index is 0.0457. The number of hydrogen-bond acceptors (Lipinski definition) is 4. The third-order valence-electron chi connectivity index (χ3n) is 4.03. The maximum absolute atomic E-state index is 12.3. The number of carbonyl (C=O) groups excluding carboxylic acids is 2. The third-order valence-corrected chi connectivity index (χ3v) is 4.03. The topological polar surface area (TPSA) is 83.9 Å². The minimum Gasteiger partial charge on any atom is -0.482 e. The molecule has 2 amide bonds. The van der Waals surface area contributed by atoms with Crippen molar-refractivity contribution in [3.8, 4) is 5.75 Å². The number of carboxylic acids is 1. The Morgan fingerprint density at radius 2 is 1.71 bits per heavy atom. The molecule has 1 N–H and O–H groups in total. The first-order valence-electron chi connectivity index (χ1n) is 6.88. The van der Waals surface area contributed by atoms with Crippen molar-refractivity contribution >= 4 is 23.5 Å². The van der Waals surface area contributed by atoms with Crippen LogP contribution < -0.4 is 9.64 Å². The number of hydrogen-bond donors (Lipinski definition) is 1. The van der Waals surface area contributed by atoms with E-state index in [4.69, 9.17) is 9.84 Å². The number of amides is 2. The van der Waals surface area contributed by atoms with Gasteiger partial charge in [0.25, 0.3) is 0 Å². The molecule has 1 saturated heterocycles. The summed E-state index contributed by atoms with van der Waals surface area (Å²) in [7, 11) is 0. The number of carbonyl (C=O) groups is 3. The van der Waals surface area contributed by atoms with E-state index in [9.17, 15) is 14.4 Å². The molecule has 2 bridgehead atoms. The molecule has 2 aliphatic rings. The fourth-order valence-electron chi connectivity index (χ4n) is 2.99. The molecule has 1 aliphatic carbocycles. The van der Waals surface area contributed by atoms with Crippen molar-refractivity contribution in [2.75, 3.05) is 11.5 Å². The van der Waals surface area contributed by atoms with Gasteiger partial charge < -0.3 is 9.84 Å². The SMILES string of the molecule is O=C(O)COc1ccc(N2C(=O)C3CCC(C3)C2=O)cc1. The Bertz CT molecular complexity index is 573. The summed E-state index contributed by atoms with van der Waals surface area (Å²) in [6, 6.07) is 6.35. The van der Waals surface area contributed by atoms with E-state index in [0.717, 1.165) is 12.8 Å². The number of fused-ring (bicyclic) bond motifs is 2. The van der Waals surface area contributed by atoms with Gasteiger partial charge in [0.05, 0.1) is 5.69 Å². The molecule has 21 heavy (non-hydrogen) atoms. The average Bonchev–Trinajstić information content (AvgIpc) is 2.92. The molecule has 0 spiro atoms. The van der Waals surface area contributed by atoms with Gasteiger partial charge in [-0.15, -0.1) is 0 Å². The number of carboxylic acid groups (broad SMARTS) is 1. The van der Waals surface area contributed by atoms with Crippen LogP contribution in [0.25, 0.3) is 0 Å². The molecule has 1 aromatic rings. The zero-order chi connectivity index (χ0) is 15.0. The van der Waals surface area contributed by atoms with Gasteiger partial charge in [-0.1, -0.05) is 0 Å². The largest absolute Gasteiger partial charge is 0.482 e. The molecule has 2 fully saturated rings. The lowest BCUT2D eigenvalue weighted by Crippen LogP contribution is -2.46. The summed E-state index contributed by atoms with van der Waals surface area (Å²) in [5, 5.41) is 8.55. The van der Waals surface area contributed by atoms with Crippen molar-refractivity contribution in [3.05, 3.63) is 24.3 Å². The summed E-state index contributed by atoms with van der Waals surface area (Å²) in [6.07, 6.45) is 2.24. The molecular formula is C15H15NO5. The summed E-state index contributed by atoms with van der Waals surface area (Å²) in [6.45, 7) is -0.426. The second-order valence-electron chi connectivity index (χ2n) is 5.40. The number of aliphatic carboxylic acids is 1. The molecule has 2 unspecified atom stereocenters. The van der Waals surface area contributed by atoms with Gasteiger partial charge in [0, 0.05) is 11.8 Å². The number of anilines is 1. The van der Waals surface area contributed by atoms with Crippen LogP contribution in [0.1, 0.15) is 19.3 Å². The van der Waals surface area contributed by atoms with Crippen molar-refractivity contribution in [1.29, 1.82) is 0 Å². The van der Waals surface area contributed by atoms with Gasteiger partial charge in [-0.25, -0.2) is 4.79 Å². The highest BCUT2D eigenvalue weighted by Crippen LogP contribution is 2.40. The second-order valence-corrected chi connectivity index (χ2v) is 5.40. The first kappa shape index (κ1) is 13.6. The van der Waals surface area contributed by atoms with Crippen LogP contribution in [0.5, 0.6) is 5.75 Å². The monoisotopic (exact) mass is 289 g/mol. The van der Waals surface area contributed by atoms with Crippen LogP contribution in [0.3, 0.4) is 0 Å². The van der Waals surface area contributed by atoms with E-state index in [1.54, 1.807) is 24.3 Å². The van der Waals surface area contributed by atoms with E-state index in [1.807, 2.05) is 0 Å². The highest BCUT2D eigenvalue weighted by atomic mass is 16.5. The second kappa shape index (κ2) is 5.20. The summed E-state index contributed by atoms with van der Waals surface area (Å²) in [5.74, 6) is -1.02. The Morgan fingerprint density at radius 1 is 1.14 bits per heavy atom. The quantitative estimate of drug-likeness (QED) is 0.848. The predicted octanol–water partition coefficient (Wildman–Crippen LogP) is 1.44. The lowest BCUT2D eigenvalue weighted by Gasteiger charge is -2.29. The Labute approximate surface area is 121 Å². The summed E-state index contributed by atoms with van der Waals surface area (Å²) in [5.41, 5.74) is 0.518. The number of rotatable bonds is 4. The molecule has 110 valence electrons. The summed E-state index contributed by atoms with van der Waals surface area (Å²) in [4.78, 5) is 36.3. The van der Waals surface area contributed by atoms with Gasteiger partial charge in [0.1, 0.15) is 5.75 Å². The Morgan fingerprint density at radius 3 is 2.24 bits per heavy atom. The van der Waals surface area contributed by atoms with Gasteiger partial charge in [0.2, 0.25) is 11.8 Å². The smallest absolute Gasteiger partial charge is 0.341 e. The Kier molecular flexibility index (Phi) is 3.37. The van der Waals surface area contributed by atoms with Crippen LogP contribution in [-0.2, 0) is 14.4 Å². The third kappa shape index (κ3) is 2.49. The first-order valence-corrected chi connectivity index (χ1v) is 6.88. The molecule has 0 radical (unpaired) electrons. The maximum Gasteiger partial charge on any atom is 0.341 e. The van der Waals surface area contributed by atoms with E-state index in [-0.39, 0.29) is 23.7 Å². The molecule has 1 heterocycles. The predicted molar refractivity (Wildman–Crippen MR) is 72.9 cm³/mol. The van der Waals surface area contributed by atoms with E-state index in [2.05, 4.69) is 0 Å². The number of imide groups is 1. The first-order chi connectivity index (χ1) is 10.1. The van der Waals surface area contributed by atoms with Gasteiger partial charge in [-0.2, -0.15) is 0 Å². The highest BCUT2D eigenvalue weighted by molar-refractivity contribution is 6.18. The fourth-order valence-corrected chi connectivity index (χ4v) is 2.99. The van der Waals surface area contributed by atoms with E-state index in [0.29, 0.717) is 17.9 Å². The molecule has 2 atom stereocenters. The fraction of sp³-hybridized carbons (Fsp3) is 0.400. The van der Waals surface area contributed by atoms with Gasteiger partial charge in [-0.05, 0) is 43.5 Å². The van der Waals surface area contributed by atoms with Gasteiger partial charge in [0.15, 0.2) is 6.61 Å². The maximum atomic E-state index is 12.3. The van der Waals surface area contributed by atoms with Crippen LogP contribution >= 0.6 is 0 Å². The van der Waals surface area contributed by atoms with Crippen molar-refractivity contribution < 1.29 is 24.2 Å². The lowest BCUT2D eigenvalue weighted by atomic mass is 9.96. The molecule has 6 heteroatoms. The van der Waals surface area contributed by atoms with Crippen molar-refractivity contribution in [3.63, 3.8) is 0 Å². The summed E-state index contributed by atoms with van der Waals surface area (Å²) >= 11 is 0. The normalized spacial score (nSPS) is 24.3. The van der Waals surface area contributed by atoms with E-state index in [1.165, 1.54) is 4.90 Å². The van der Waals surface area contributed by atoms with Crippen LogP contribution in [0.15, 0.2) is 24.3 Å². The van der Waals surface area contributed by atoms with Gasteiger partial charge in [-0.3, -0.25) is 14.5 Å². The van der Waals surface area contributed by atoms with Crippen molar-refractivity contribution in [1.82, 2.24) is 0 Å². The van der Waals surface area contributed by atoms with Crippen LogP contribution in [0.2, 0.25) is 0 Å². The number of benzene rings is 1.